The fourth-order valence-corrected chi connectivity index (χ4v) is 1.77. The molecule has 0 unspecified atom stereocenters. The highest BCUT2D eigenvalue weighted by atomic mass is 19.2. The molecule has 1 aromatic rings. The number of halogens is 2. The summed E-state index contributed by atoms with van der Waals surface area (Å²) in [6, 6.07) is 3.51. The summed E-state index contributed by atoms with van der Waals surface area (Å²) in [5, 5.41) is 11.1. The summed E-state index contributed by atoms with van der Waals surface area (Å²) < 4.78 is 26.4. The van der Waals surface area contributed by atoms with Crippen LogP contribution in [0, 0.1) is 15.9 Å². The van der Waals surface area contributed by atoms with Gasteiger partial charge in [-0.2, -0.15) is 0 Å². The SMILES string of the molecule is O=[N+]([O-])c1ccc(C2=CCN(F)CC2)c(F)c1. The molecule has 17 heavy (non-hydrogen) atoms. The van der Waals surface area contributed by atoms with Crippen LogP contribution in [0.25, 0.3) is 5.57 Å². The highest BCUT2D eigenvalue weighted by Gasteiger charge is 2.17. The fraction of sp³-hybridized carbons (Fsp3) is 0.273. The first-order chi connectivity index (χ1) is 8.08. The number of non-ortho nitro benzene ring substituents is 1. The van der Waals surface area contributed by atoms with Crippen LogP contribution in [0.1, 0.15) is 12.0 Å². The maximum atomic E-state index is 13.6. The monoisotopic (exact) mass is 240 g/mol. The van der Waals surface area contributed by atoms with Crippen molar-refractivity contribution in [3.8, 4) is 0 Å². The van der Waals surface area contributed by atoms with E-state index in [9.17, 15) is 19.0 Å². The Hall–Kier alpha value is -1.82. The van der Waals surface area contributed by atoms with Crippen molar-refractivity contribution < 1.29 is 13.8 Å². The van der Waals surface area contributed by atoms with E-state index in [0.29, 0.717) is 22.7 Å². The van der Waals surface area contributed by atoms with Crippen LogP contribution in [0.3, 0.4) is 0 Å². The van der Waals surface area contributed by atoms with Crippen molar-refractivity contribution >= 4 is 11.3 Å². The molecule has 0 saturated heterocycles. The normalized spacial score (nSPS) is 16.7. The first-order valence-electron chi connectivity index (χ1n) is 5.12. The van der Waals surface area contributed by atoms with Crippen LogP contribution >= 0.6 is 0 Å². The van der Waals surface area contributed by atoms with Crippen molar-refractivity contribution in [1.82, 2.24) is 5.12 Å². The average Bonchev–Trinajstić information content (AvgIpc) is 2.30. The summed E-state index contributed by atoms with van der Waals surface area (Å²) in [5.74, 6) is -0.641. The molecule has 0 atom stereocenters. The van der Waals surface area contributed by atoms with Gasteiger partial charge >= 0.3 is 0 Å². The van der Waals surface area contributed by atoms with Crippen molar-refractivity contribution in [3.63, 3.8) is 0 Å². The second kappa shape index (κ2) is 4.58. The minimum absolute atomic E-state index is 0.117. The van der Waals surface area contributed by atoms with Crippen molar-refractivity contribution in [2.24, 2.45) is 0 Å². The third kappa shape index (κ3) is 2.47. The Morgan fingerprint density at radius 3 is 2.71 bits per heavy atom. The quantitative estimate of drug-likeness (QED) is 0.453. The van der Waals surface area contributed by atoms with Gasteiger partial charge in [0.25, 0.3) is 5.69 Å². The van der Waals surface area contributed by atoms with Gasteiger partial charge in [-0.15, -0.1) is 9.60 Å². The molecule has 0 aliphatic carbocycles. The minimum Gasteiger partial charge on any atom is -0.258 e. The van der Waals surface area contributed by atoms with Gasteiger partial charge in [0.05, 0.1) is 11.0 Å². The number of benzene rings is 1. The van der Waals surface area contributed by atoms with Gasteiger partial charge in [-0.1, -0.05) is 6.08 Å². The van der Waals surface area contributed by atoms with Crippen molar-refractivity contribution in [2.75, 3.05) is 13.1 Å². The third-order valence-electron chi connectivity index (χ3n) is 2.67. The summed E-state index contributed by atoms with van der Waals surface area (Å²) in [6.45, 7) is 0.327. The second-order valence-corrected chi connectivity index (χ2v) is 3.77. The standard InChI is InChI=1S/C11H10F2N2O2/c12-11-7-9(15(16)17)1-2-10(11)8-3-5-14(13)6-4-8/h1-3,7H,4-6H2. The smallest absolute Gasteiger partial charge is 0.258 e. The van der Waals surface area contributed by atoms with Gasteiger partial charge in [-0.25, -0.2) is 4.39 Å². The van der Waals surface area contributed by atoms with Gasteiger partial charge < -0.3 is 0 Å². The highest BCUT2D eigenvalue weighted by molar-refractivity contribution is 5.68. The molecule has 0 bridgehead atoms. The molecular formula is C11H10F2N2O2. The van der Waals surface area contributed by atoms with Gasteiger partial charge in [-0.3, -0.25) is 10.1 Å². The molecule has 0 amide bonds. The largest absolute Gasteiger partial charge is 0.272 e. The number of nitro benzene ring substituents is 1. The van der Waals surface area contributed by atoms with Gasteiger partial charge in [0.1, 0.15) is 5.82 Å². The third-order valence-corrected chi connectivity index (χ3v) is 2.67. The first kappa shape index (κ1) is 11.7. The summed E-state index contributed by atoms with van der Waals surface area (Å²) in [4.78, 5) is 9.80. The van der Waals surface area contributed by atoms with Crippen LogP contribution in [0.15, 0.2) is 24.3 Å². The summed E-state index contributed by atoms with van der Waals surface area (Å²) >= 11 is 0. The number of nitro groups is 1. The van der Waals surface area contributed by atoms with E-state index in [2.05, 4.69) is 0 Å². The van der Waals surface area contributed by atoms with Crippen LogP contribution in [0.2, 0.25) is 0 Å². The van der Waals surface area contributed by atoms with Crippen LogP contribution in [0.4, 0.5) is 14.6 Å². The molecule has 0 fully saturated rings. The molecule has 0 saturated carbocycles. The molecule has 1 aromatic carbocycles. The number of hydrogen-bond donors (Lipinski definition) is 0. The Morgan fingerprint density at radius 2 is 2.18 bits per heavy atom. The van der Waals surface area contributed by atoms with Gasteiger partial charge in [0, 0.05) is 24.7 Å². The van der Waals surface area contributed by atoms with E-state index in [1.165, 1.54) is 12.1 Å². The molecule has 0 N–H and O–H groups in total. The lowest BCUT2D eigenvalue weighted by atomic mass is 9.99. The lowest BCUT2D eigenvalue weighted by Crippen LogP contribution is -2.20. The summed E-state index contributed by atoms with van der Waals surface area (Å²) in [7, 11) is 0. The molecule has 0 aromatic heterocycles. The predicted octanol–water partition coefficient (Wildman–Crippen LogP) is 2.71. The van der Waals surface area contributed by atoms with E-state index in [4.69, 9.17) is 0 Å². The lowest BCUT2D eigenvalue weighted by molar-refractivity contribution is -0.385. The van der Waals surface area contributed by atoms with E-state index in [1.807, 2.05) is 0 Å². The van der Waals surface area contributed by atoms with Crippen molar-refractivity contribution in [2.45, 2.75) is 6.42 Å². The zero-order valence-electron chi connectivity index (χ0n) is 8.90. The molecule has 1 aliphatic heterocycles. The minimum atomic E-state index is -0.647. The van der Waals surface area contributed by atoms with Gasteiger partial charge in [-0.05, 0) is 18.1 Å². The fourth-order valence-electron chi connectivity index (χ4n) is 1.77. The zero-order valence-corrected chi connectivity index (χ0v) is 8.90. The Morgan fingerprint density at radius 1 is 1.41 bits per heavy atom. The van der Waals surface area contributed by atoms with Crippen molar-refractivity contribution in [3.05, 3.63) is 45.8 Å². The molecule has 6 heteroatoms. The van der Waals surface area contributed by atoms with E-state index >= 15 is 0 Å². The van der Waals surface area contributed by atoms with Crippen LogP contribution in [-0.2, 0) is 0 Å². The number of rotatable bonds is 2. The highest BCUT2D eigenvalue weighted by Crippen LogP contribution is 2.27. The molecule has 4 nitrogen and oxygen atoms in total. The average molecular weight is 240 g/mol. The molecule has 0 radical (unpaired) electrons. The summed E-state index contributed by atoms with van der Waals surface area (Å²) in [5.41, 5.74) is 0.713. The number of hydrogen-bond acceptors (Lipinski definition) is 3. The van der Waals surface area contributed by atoms with E-state index in [1.54, 1.807) is 6.08 Å². The summed E-state index contributed by atoms with van der Waals surface area (Å²) in [6.07, 6.45) is 1.99. The predicted molar refractivity (Wildman–Crippen MR) is 58.3 cm³/mol. The maximum absolute atomic E-state index is 13.6. The number of nitrogens with zero attached hydrogens (tertiary/aromatic N) is 2. The van der Waals surface area contributed by atoms with E-state index in [-0.39, 0.29) is 18.8 Å². The van der Waals surface area contributed by atoms with Crippen LogP contribution in [-0.4, -0.2) is 23.1 Å². The Kier molecular flexibility index (Phi) is 3.14. The van der Waals surface area contributed by atoms with Crippen LogP contribution < -0.4 is 0 Å². The van der Waals surface area contributed by atoms with E-state index < -0.39 is 10.7 Å². The van der Waals surface area contributed by atoms with Gasteiger partial charge in [0.2, 0.25) is 0 Å². The van der Waals surface area contributed by atoms with Crippen molar-refractivity contribution in [1.29, 1.82) is 0 Å². The molecule has 2 rings (SSSR count). The van der Waals surface area contributed by atoms with Crippen LogP contribution in [0.5, 0.6) is 0 Å². The zero-order chi connectivity index (χ0) is 12.4. The topological polar surface area (TPSA) is 46.4 Å². The molecular weight excluding hydrogens is 230 g/mol. The lowest BCUT2D eigenvalue weighted by Gasteiger charge is -2.18. The molecule has 1 heterocycles. The Bertz CT molecular complexity index is 488. The second-order valence-electron chi connectivity index (χ2n) is 3.77. The Labute approximate surface area is 96.2 Å². The molecule has 1 aliphatic rings. The maximum Gasteiger partial charge on any atom is 0.272 e. The van der Waals surface area contributed by atoms with Gasteiger partial charge in [0.15, 0.2) is 0 Å². The Balaban J connectivity index is 2.31. The molecule has 0 spiro atoms. The molecule has 90 valence electrons. The van der Waals surface area contributed by atoms with E-state index in [0.717, 1.165) is 6.07 Å². The first-order valence-corrected chi connectivity index (χ1v) is 5.12.